The molecular formula is C20H21FN4O3. The fraction of sp³-hybridized carbons (Fsp3) is 0.400. The molecule has 4 rings (SSSR count). The Hall–Kier alpha value is -2.87. The molecule has 146 valence electrons. The summed E-state index contributed by atoms with van der Waals surface area (Å²) in [6, 6.07) is 6.28. The Balaban J connectivity index is 1.34. The van der Waals surface area contributed by atoms with E-state index in [1.807, 2.05) is 12.1 Å². The maximum atomic E-state index is 13.3. The highest BCUT2D eigenvalue weighted by Gasteiger charge is 2.43. The number of ether oxygens (including phenoxy) is 1. The standard InChI is InChI=1S/C20H21FN4O3/c21-18-10-14(5-8-23-18)20(27)25-9-6-16-15(25)3-4-17(28-16)19(26)24-12-13-2-1-7-22-11-13/h1-2,5,7-8,10-11,15-17H,3-4,6,9,12H2,(H,24,26)/t15-,16-,17-/m1/s1. The van der Waals surface area contributed by atoms with Crippen LogP contribution in [0, 0.1) is 5.95 Å². The van der Waals surface area contributed by atoms with Crippen molar-refractivity contribution in [3.63, 3.8) is 0 Å². The van der Waals surface area contributed by atoms with Gasteiger partial charge in [0.25, 0.3) is 5.91 Å². The van der Waals surface area contributed by atoms with E-state index in [1.54, 1.807) is 17.3 Å². The molecule has 2 amide bonds. The summed E-state index contributed by atoms with van der Waals surface area (Å²) in [5.41, 5.74) is 1.20. The van der Waals surface area contributed by atoms with E-state index in [2.05, 4.69) is 15.3 Å². The van der Waals surface area contributed by atoms with Crippen molar-refractivity contribution in [2.45, 2.75) is 44.1 Å². The molecule has 28 heavy (non-hydrogen) atoms. The molecule has 2 aliphatic rings. The van der Waals surface area contributed by atoms with Crippen molar-refractivity contribution in [3.05, 3.63) is 59.9 Å². The Bertz CT molecular complexity index is 864. The second-order valence-electron chi connectivity index (χ2n) is 7.04. The lowest BCUT2D eigenvalue weighted by atomic mass is 9.98. The topological polar surface area (TPSA) is 84.4 Å². The molecule has 1 N–H and O–H groups in total. The molecule has 0 radical (unpaired) electrons. The summed E-state index contributed by atoms with van der Waals surface area (Å²) >= 11 is 0. The SMILES string of the molecule is O=C(NCc1cccnc1)[C@H]1CC[C@@H]2[C@@H](CCN2C(=O)c2ccnc(F)c2)O1. The van der Waals surface area contributed by atoms with Crippen LogP contribution < -0.4 is 5.32 Å². The molecule has 0 spiro atoms. The fourth-order valence-electron chi connectivity index (χ4n) is 3.88. The summed E-state index contributed by atoms with van der Waals surface area (Å²) in [5.74, 6) is -1.05. The third-order valence-corrected chi connectivity index (χ3v) is 5.26. The zero-order valence-electron chi connectivity index (χ0n) is 15.3. The van der Waals surface area contributed by atoms with E-state index < -0.39 is 12.1 Å². The highest BCUT2D eigenvalue weighted by atomic mass is 19.1. The zero-order valence-corrected chi connectivity index (χ0v) is 15.3. The summed E-state index contributed by atoms with van der Waals surface area (Å²) < 4.78 is 19.3. The third kappa shape index (κ3) is 3.87. The first-order valence-electron chi connectivity index (χ1n) is 9.36. The highest BCUT2D eigenvalue weighted by Crippen LogP contribution is 2.32. The van der Waals surface area contributed by atoms with E-state index in [0.717, 1.165) is 11.6 Å². The van der Waals surface area contributed by atoms with Crippen LogP contribution in [0.3, 0.4) is 0 Å². The van der Waals surface area contributed by atoms with Gasteiger partial charge in [-0.25, -0.2) is 4.98 Å². The molecule has 0 bridgehead atoms. The van der Waals surface area contributed by atoms with Crippen LogP contribution in [0.15, 0.2) is 42.9 Å². The van der Waals surface area contributed by atoms with E-state index >= 15 is 0 Å². The van der Waals surface area contributed by atoms with Crippen LogP contribution in [-0.2, 0) is 16.1 Å². The molecule has 3 atom stereocenters. The van der Waals surface area contributed by atoms with Crippen LogP contribution in [0.2, 0.25) is 0 Å². The lowest BCUT2D eigenvalue weighted by molar-refractivity contribution is -0.143. The molecule has 0 saturated carbocycles. The van der Waals surface area contributed by atoms with Crippen LogP contribution in [0.1, 0.15) is 35.2 Å². The number of nitrogens with one attached hydrogen (secondary N) is 1. The molecule has 0 aliphatic carbocycles. The Morgan fingerprint density at radius 3 is 2.93 bits per heavy atom. The van der Waals surface area contributed by atoms with Gasteiger partial charge >= 0.3 is 0 Å². The number of carbonyl (C=O) groups excluding carboxylic acids is 2. The van der Waals surface area contributed by atoms with Gasteiger partial charge in [-0.15, -0.1) is 0 Å². The molecule has 4 heterocycles. The van der Waals surface area contributed by atoms with Gasteiger partial charge in [0, 0.05) is 43.3 Å². The summed E-state index contributed by atoms with van der Waals surface area (Å²) in [7, 11) is 0. The van der Waals surface area contributed by atoms with Gasteiger partial charge in [0.05, 0.1) is 12.1 Å². The Kier molecular flexibility index (Phi) is 5.29. The van der Waals surface area contributed by atoms with E-state index in [0.29, 0.717) is 32.4 Å². The molecule has 7 nitrogen and oxygen atoms in total. The van der Waals surface area contributed by atoms with Gasteiger partial charge in [0.1, 0.15) is 6.10 Å². The second kappa shape index (κ2) is 8.02. The molecule has 0 unspecified atom stereocenters. The molecular weight excluding hydrogens is 363 g/mol. The van der Waals surface area contributed by atoms with Crippen molar-refractivity contribution in [2.75, 3.05) is 6.54 Å². The van der Waals surface area contributed by atoms with Gasteiger partial charge in [-0.05, 0) is 37.0 Å². The first kappa shape index (κ1) is 18.5. The van der Waals surface area contributed by atoms with Crippen LogP contribution in [0.4, 0.5) is 4.39 Å². The quantitative estimate of drug-likeness (QED) is 0.811. The highest BCUT2D eigenvalue weighted by molar-refractivity contribution is 5.94. The van der Waals surface area contributed by atoms with Crippen molar-refractivity contribution >= 4 is 11.8 Å². The van der Waals surface area contributed by atoms with Crippen LogP contribution in [0.25, 0.3) is 0 Å². The van der Waals surface area contributed by atoms with Gasteiger partial charge in [-0.3, -0.25) is 14.6 Å². The number of nitrogens with zero attached hydrogens (tertiary/aromatic N) is 3. The number of halogens is 1. The number of rotatable bonds is 4. The summed E-state index contributed by atoms with van der Waals surface area (Å²) in [5, 5.41) is 2.88. The molecule has 2 aromatic rings. The number of hydrogen-bond acceptors (Lipinski definition) is 5. The monoisotopic (exact) mass is 384 g/mol. The summed E-state index contributed by atoms with van der Waals surface area (Å²) in [6.45, 7) is 0.932. The van der Waals surface area contributed by atoms with Gasteiger partial charge < -0.3 is 15.0 Å². The zero-order chi connectivity index (χ0) is 19.5. The van der Waals surface area contributed by atoms with Crippen LogP contribution in [0.5, 0.6) is 0 Å². The van der Waals surface area contributed by atoms with Gasteiger partial charge in [-0.2, -0.15) is 4.39 Å². The molecule has 0 aromatic carbocycles. The number of carbonyl (C=O) groups is 2. The fourth-order valence-corrected chi connectivity index (χ4v) is 3.88. The first-order valence-corrected chi connectivity index (χ1v) is 9.36. The lowest BCUT2D eigenvalue weighted by Gasteiger charge is -2.35. The maximum absolute atomic E-state index is 13.3. The largest absolute Gasteiger partial charge is 0.363 e. The van der Waals surface area contributed by atoms with E-state index in [-0.39, 0.29) is 29.5 Å². The number of amides is 2. The average Bonchev–Trinajstić information content (AvgIpc) is 3.15. The number of hydrogen-bond donors (Lipinski definition) is 1. The lowest BCUT2D eigenvalue weighted by Crippen LogP contribution is -2.49. The molecule has 8 heteroatoms. The first-order chi connectivity index (χ1) is 13.6. The van der Waals surface area contributed by atoms with Gasteiger partial charge in [-0.1, -0.05) is 6.07 Å². The van der Waals surface area contributed by atoms with Gasteiger partial charge in [0.15, 0.2) is 0 Å². The van der Waals surface area contributed by atoms with Crippen molar-refractivity contribution in [2.24, 2.45) is 0 Å². The third-order valence-electron chi connectivity index (χ3n) is 5.26. The Labute approximate surface area is 161 Å². The van der Waals surface area contributed by atoms with E-state index in [4.69, 9.17) is 4.74 Å². The Morgan fingerprint density at radius 1 is 1.25 bits per heavy atom. The van der Waals surface area contributed by atoms with Crippen molar-refractivity contribution < 1.29 is 18.7 Å². The Morgan fingerprint density at radius 2 is 2.14 bits per heavy atom. The summed E-state index contributed by atoms with van der Waals surface area (Å²) in [6.07, 6.45) is 5.85. The van der Waals surface area contributed by atoms with Crippen LogP contribution in [-0.4, -0.2) is 51.5 Å². The predicted molar refractivity (Wildman–Crippen MR) is 97.6 cm³/mol. The molecule has 2 saturated heterocycles. The molecule has 2 aliphatic heterocycles. The van der Waals surface area contributed by atoms with Gasteiger partial charge in [0.2, 0.25) is 11.9 Å². The molecule has 2 aromatic heterocycles. The van der Waals surface area contributed by atoms with E-state index in [1.165, 1.54) is 12.3 Å². The minimum Gasteiger partial charge on any atom is -0.363 e. The normalized spacial score (nSPS) is 23.9. The number of pyridine rings is 2. The van der Waals surface area contributed by atoms with Crippen molar-refractivity contribution in [1.29, 1.82) is 0 Å². The van der Waals surface area contributed by atoms with Crippen molar-refractivity contribution in [1.82, 2.24) is 20.2 Å². The number of likely N-dealkylation sites (tertiary alicyclic amines) is 1. The minimum atomic E-state index is -0.674. The average molecular weight is 384 g/mol. The minimum absolute atomic E-state index is 0.0916. The summed E-state index contributed by atoms with van der Waals surface area (Å²) in [4.78, 5) is 34.4. The second-order valence-corrected chi connectivity index (χ2v) is 7.04. The number of aromatic nitrogens is 2. The molecule has 2 fully saturated rings. The smallest absolute Gasteiger partial charge is 0.254 e. The predicted octanol–water partition coefficient (Wildman–Crippen LogP) is 1.69. The van der Waals surface area contributed by atoms with Crippen molar-refractivity contribution in [3.8, 4) is 0 Å². The maximum Gasteiger partial charge on any atom is 0.254 e. The van der Waals surface area contributed by atoms with E-state index in [9.17, 15) is 14.0 Å². The number of fused-ring (bicyclic) bond motifs is 1. The van der Waals surface area contributed by atoms with Crippen LogP contribution >= 0.6 is 0 Å².